The van der Waals surface area contributed by atoms with Crippen molar-refractivity contribution in [2.24, 2.45) is 11.7 Å². The fourth-order valence-corrected chi connectivity index (χ4v) is 2.09. The lowest BCUT2D eigenvalue weighted by atomic mass is 9.85. The number of nitrogens with one attached hydrogen (secondary N) is 1. The van der Waals surface area contributed by atoms with Gasteiger partial charge in [0.05, 0.1) is 5.60 Å². The van der Waals surface area contributed by atoms with E-state index in [1.165, 1.54) is 12.8 Å². The van der Waals surface area contributed by atoms with E-state index in [-0.39, 0.29) is 11.6 Å². The Morgan fingerprint density at radius 2 is 2.00 bits per heavy atom. The molecule has 1 aliphatic heterocycles. The van der Waals surface area contributed by atoms with Crippen LogP contribution < -0.4 is 11.1 Å². The van der Waals surface area contributed by atoms with Crippen molar-refractivity contribution in [1.29, 1.82) is 0 Å². The smallest absolute Gasteiger partial charge is 0.0637 e. The van der Waals surface area contributed by atoms with E-state index >= 15 is 0 Å². The number of piperidine rings is 1. The van der Waals surface area contributed by atoms with Crippen molar-refractivity contribution in [1.82, 2.24) is 5.32 Å². The molecule has 1 aliphatic rings. The summed E-state index contributed by atoms with van der Waals surface area (Å²) in [6, 6.07) is 0.284. The summed E-state index contributed by atoms with van der Waals surface area (Å²) >= 11 is 0. The maximum Gasteiger partial charge on any atom is 0.0637 e. The molecule has 1 rings (SSSR count). The molecule has 84 valence electrons. The third kappa shape index (κ3) is 3.56. The Kier molecular flexibility index (Phi) is 4.35. The van der Waals surface area contributed by atoms with Gasteiger partial charge in [0.25, 0.3) is 0 Å². The van der Waals surface area contributed by atoms with Gasteiger partial charge in [-0.15, -0.1) is 0 Å². The lowest BCUT2D eigenvalue weighted by Gasteiger charge is -2.33. The molecule has 0 aromatic heterocycles. The fraction of sp³-hybridized carbons (Fsp3) is 1.00. The van der Waals surface area contributed by atoms with Crippen LogP contribution in [0, 0.1) is 5.92 Å². The first-order valence-corrected chi connectivity index (χ1v) is 5.56. The van der Waals surface area contributed by atoms with Crippen molar-refractivity contribution in [3.8, 4) is 0 Å². The van der Waals surface area contributed by atoms with E-state index in [4.69, 9.17) is 10.5 Å². The van der Waals surface area contributed by atoms with Gasteiger partial charge >= 0.3 is 0 Å². The molecule has 0 aromatic carbocycles. The zero-order valence-corrected chi connectivity index (χ0v) is 9.68. The van der Waals surface area contributed by atoms with Gasteiger partial charge in [0, 0.05) is 13.2 Å². The molecular weight excluding hydrogens is 176 g/mol. The van der Waals surface area contributed by atoms with Crippen LogP contribution in [-0.2, 0) is 4.74 Å². The van der Waals surface area contributed by atoms with Crippen LogP contribution in [0.15, 0.2) is 0 Å². The van der Waals surface area contributed by atoms with Crippen molar-refractivity contribution in [3.05, 3.63) is 0 Å². The molecule has 0 spiro atoms. The van der Waals surface area contributed by atoms with E-state index in [1.54, 1.807) is 7.11 Å². The minimum absolute atomic E-state index is 0.0791. The van der Waals surface area contributed by atoms with Gasteiger partial charge in [-0.2, -0.15) is 0 Å². The molecule has 0 aliphatic carbocycles. The Balaban J connectivity index is 2.36. The molecule has 1 atom stereocenters. The van der Waals surface area contributed by atoms with E-state index in [9.17, 15) is 0 Å². The summed E-state index contributed by atoms with van der Waals surface area (Å²) in [7, 11) is 1.76. The minimum atomic E-state index is -0.0791. The topological polar surface area (TPSA) is 47.3 Å². The first-order valence-electron chi connectivity index (χ1n) is 5.56. The zero-order valence-electron chi connectivity index (χ0n) is 9.68. The second kappa shape index (κ2) is 5.10. The summed E-state index contributed by atoms with van der Waals surface area (Å²) in [6.07, 6.45) is 3.37. The number of methoxy groups -OCH3 is 1. The van der Waals surface area contributed by atoms with Crippen molar-refractivity contribution in [2.45, 2.75) is 44.8 Å². The average molecular weight is 200 g/mol. The molecule has 1 unspecified atom stereocenters. The maximum atomic E-state index is 6.20. The van der Waals surface area contributed by atoms with Gasteiger partial charge < -0.3 is 15.8 Å². The number of hydrogen-bond donors (Lipinski definition) is 2. The van der Waals surface area contributed by atoms with Gasteiger partial charge in [-0.3, -0.25) is 0 Å². The number of nitrogens with two attached hydrogens (primary N) is 1. The molecule has 3 heteroatoms. The summed E-state index contributed by atoms with van der Waals surface area (Å²) in [5.74, 6) is 0.672. The molecular formula is C11H24N2O. The summed E-state index contributed by atoms with van der Waals surface area (Å²) in [5, 5.41) is 3.36. The Morgan fingerprint density at radius 1 is 1.43 bits per heavy atom. The van der Waals surface area contributed by atoms with Crippen LogP contribution in [0.5, 0.6) is 0 Å². The summed E-state index contributed by atoms with van der Waals surface area (Å²) in [4.78, 5) is 0. The number of hydrogen-bond acceptors (Lipinski definition) is 3. The standard InChI is InChI=1S/C11H24N2O/c1-11(2,14-3)8-10(12)9-4-6-13-7-5-9/h9-10,13H,4-8,12H2,1-3H3. The van der Waals surface area contributed by atoms with Crippen molar-refractivity contribution in [2.75, 3.05) is 20.2 Å². The van der Waals surface area contributed by atoms with E-state index < -0.39 is 0 Å². The highest BCUT2D eigenvalue weighted by atomic mass is 16.5. The molecule has 1 saturated heterocycles. The van der Waals surface area contributed by atoms with E-state index in [2.05, 4.69) is 19.2 Å². The molecule has 0 aromatic rings. The van der Waals surface area contributed by atoms with Crippen LogP contribution in [0.1, 0.15) is 33.1 Å². The normalized spacial score (nSPS) is 22.3. The maximum absolute atomic E-state index is 6.20. The number of ether oxygens (including phenoxy) is 1. The molecule has 1 fully saturated rings. The van der Waals surface area contributed by atoms with Gasteiger partial charge in [0.15, 0.2) is 0 Å². The minimum Gasteiger partial charge on any atom is -0.379 e. The van der Waals surface area contributed by atoms with E-state index in [0.29, 0.717) is 5.92 Å². The second-order valence-corrected chi connectivity index (χ2v) is 4.92. The summed E-state index contributed by atoms with van der Waals surface area (Å²) in [5.41, 5.74) is 6.12. The number of rotatable bonds is 4. The van der Waals surface area contributed by atoms with Crippen LogP contribution in [-0.4, -0.2) is 31.8 Å². The molecule has 0 bridgehead atoms. The van der Waals surface area contributed by atoms with Gasteiger partial charge in [-0.25, -0.2) is 0 Å². The zero-order chi connectivity index (χ0) is 10.6. The molecule has 0 amide bonds. The molecule has 1 heterocycles. The highest BCUT2D eigenvalue weighted by Gasteiger charge is 2.27. The van der Waals surface area contributed by atoms with Gasteiger partial charge in [-0.05, 0) is 52.1 Å². The predicted octanol–water partition coefficient (Wildman–Crippen LogP) is 1.13. The van der Waals surface area contributed by atoms with Crippen LogP contribution >= 0.6 is 0 Å². The van der Waals surface area contributed by atoms with E-state index in [1.807, 2.05) is 0 Å². The largest absolute Gasteiger partial charge is 0.379 e. The lowest BCUT2D eigenvalue weighted by molar-refractivity contribution is 0.00411. The van der Waals surface area contributed by atoms with E-state index in [0.717, 1.165) is 19.5 Å². The molecule has 3 N–H and O–H groups in total. The highest BCUT2D eigenvalue weighted by molar-refractivity contribution is 4.83. The highest BCUT2D eigenvalue weighted by Crippen LogP contribution is 2.23. The third-order valence-corrected chi connectivity index (χ3v) is 3.27. The third-order valence-electron chi connectivity index (χ3n) is 3.27. The predicted molar refractivity (Wildman–Crippen MR) is 59.3 cm³/mol. The Labute approximate surface area is 87.4 Å². The molecule has 14 heavy (non-hydrogen) atoms. The van der Waals surface area contributed by atoms with Crippen LogP contribution in [0.4, 0.5) is 0 Å². The summed E-state index contributed by atoms with van der Waals surface area (Å²) < 4.78 is 5.40. The van der Waals surface area contributed by atoms with Gasteiger partial charge in [-0.1, -0.05) is 0 Å². The quantitative estimate of drug-likeness (QED) is 0.715. The molecule has 0 radical (unpaired) electrons. The van der Waals surface area contributed by atoms with Gasteiger partial charge in [0.2, 0.25) is 0 Å². The van der Waals surface area contributed by atoms with Crippen molar-refractivity contribution in [3.63, 3.8) is 0 Å². The van der Waals surface area contributed by atoms with Crippen molar-refractivity contribution >= 4 is 0 Å². The monoisotopic (exact) mass is 200 g/mol. The Bertz CT molecular complexity index is 165. The first kappa shape index (κ1) is 12.0. The Hall–Kier alpha value is -0.120. The lowest BCUT2D eigenvalue weighted by Crippen LogP contribution is -2.43. The van der Waals surface area contributed by atoms with Gasteiger partial charge in [0.1, 0.15) is 0 Å². The SMILES string of the molecule is COC(C)(C)CC(N)C1CCNCC1. The second-order valence-electron chi connectivity index (χ2n) is 4.92. The summed E-state index contributed by atoms with van der Waals surface area (Å²) in [6.45, 7) is 6.44. The van der Waals surface area contributed by atoms with Crippen LogP contribution in [0.3, 0.4) is 0 Å². The van der Waals surface area contributed by atoms with Crippen LogP contribution in [0.2, 0.25) is 0 Å². The van der Waals surface area contributed by atoms with Crippen LogP contribution in [0.25, 0.3) is 0 Å². The Morgan fingerprint density at radius 3 is 2.50 bits per heavy atom. The molecule has 0 saturated carbocycles. The average Bonchev–Trinajstić information content (AvgIpc) is 2.19. The first-order chi connectivity index (χ1) is 6.55. The van der Waals surface area contributed by atoms with Crippen molar-refractivity contribution < 1.29 is 4.74 Å². The fourth-order valence-electron chi connectivity index (χ4n) is 2.09. The molecule has 3 nitrogen and oxygen atoms in total.